The average Bonchev–Trinajstić information content (AvgIpc) is 3.18. The van der Waals surface area contributed by atoms with Gasteiger partial charge >= 0.3 is 0 Å². The van der Waals surface area contributed by atoms with E-state index in [0.717, 1.165) is 53.4 Å². The Hall–Kier alpha value is -1.14. The van der Waals surface area contributed by atoms with Gasteiger partial charge < -0.3 is 15.1 Å². The molecule has 0 saturated carbocycles. The van der Waals surface area contributed by atoms with Crippen LogP contribution in [-0.2, 0) is 6.54 Å². The number of nitrogens with one attached hydrogen (secondary N) is 1. The lowest BCUT2D eigenvalue weighted by Crippen LogP contribution is -2.38. The van der Waals surface area contributed by atoms with Crippen molar-refractivity contribution in [2.75, 3.05) is 31.5 Å². The maximum absolute atomic E-state index is 6.27. The number of hydrogen-bond acceptors (Lipinski definition) is 3. The molecule has 0 aliphatic carbocycles. The summed E-state index contributed by atoms with van der Waals surface area (Å²) < 4.78 is 0. The fourth-order valence-electron chi connectivity index (χ4n) is 3.49. The molecule has 152 valence electrons. The molecule has 0 radical (unpaired) electrons. The summed E-state index contributed by atoms with van der Waals surface area (Å²) >= 11 is 13.8. The number of rotatable bonds is 7. The van der Waals surface area contributed by atoms with Crippen LogP contribution in [0.1, 0.15) is 36.6 Å². The normalized spacial score (nSPS) is 15.5. The monoisotopic (exact) mass is 435 g/mol. The topological polar surface area (TPSA) is 18.5 Å². The Labute approximate surface area is 183 Å². The van der Waals surface area contributed by atoms with Gasteiger partial charge in [-0.1, -0.05) is 30.7 Å². The molecule has 2 aromatic rings. The molecule has 3 rings (SSSR count). The van der Waals surface area contributed by atoms with E-state index >= 15 is 0 Å². The Morgan fingerprint density at radius 2 is 2.11 bits per heavy atom. The van der Waals surface area contributed by atoms with Crippen LogP contribution in [0.15, 0.2) is 35.7 Å². The number of halogens is 1. The first-order valence-corrected chi connectivity index (χ1v) is 11.7. The Balaban J connectivity index is 1.57. The Morgan fingerprint density at radius 3 is 2.79 bits per heavy atom. The minimum atomic E-state index is 0.761. The highest BCUT2D eigenvalue weighted by Gasteiger charge is 2.17. The van der Waals surface area contributed by atoms with E-state index in [9.17, 15) is 0 Å². The van der Waals surface area contributed by atoms with Gasteiger partial charge in [0.05, 0.1) is 6.54 Å². The first-order valence-electron chi connectivity index (χ1n) is 10.1. The summed E-state index contributed by atoms with van der Waals surface area (Å²) in [5, 5.41) is 7.03. The van der Waals surface area contributed by atoms with Gasteiger partial charge in [0.15, 0.2) is 5.11 Å². The second-order valence-corrected chi connectivity index (χ2v) is 9.60. The van der Waals surface area contributed by atoms with E-state index in [1.165, 1.54) is 30.8 Å². The van der Waals surface area contributed by atoms with Crippen LogP contribution in [0, 0.1) is 12.8 Å². The van der Waals surface area contributed by atoms with Gasteiger partial charge in [0, 0.05) is 22.1 Å². The van der Waals surface area contributed by atoms with Crippen LogP contribution >= 0.6 is 35.2 Å². The summed E-state index contributed by atoms with van der Waals surface area (Å²) in [6, 6.07) is 10.3. The molecule has 0 amide bonds. The zero-order valence-electron chi connectivity index (χ0n) is 16.8. The molecule has 1 aromatic carbocycles. The summed E-state index contributed by atoms with van der Waals surface area (Å²) in [6.07, 6.45) is 3.77. The Kier molecular flexibility index (Phi) is 8.15. The molecule has 0 atom stereocenters. The van der Waals surface area contributed by atoms with E-state index < -0.39 is 0 Å². The van der Waals surface area contributed by atoms with Crippen molar-refractivity contribution in [2.45, 2.75) is 39.7 Å². The lowest BCUT2D eigenvalue weighted by atomic mass is 9.99. The standard InChI is InChI=1S/C22H30ClN3S2/c1-17-8-12-25(13-9-17)10-4-11-26(16-20-5-3-14-28-20)22(27)24-19-7-6-18(2)21(23)15-19/h3,5-7,14-15,17H,4,8-13,16H2,1-2H3,(H,24,27). The number of likely N-dealkylation sites (tertiary alicyclic amines) is 1. The van der Waals surface area contributed by atoms with Gasteiger partial charge in [0.1, 0.15) is 0 Å². The van der Waals surface area contributed by atoms with Crippen molar-refractivity contribution in [3.63, 3.8) is 0 Å². The van der Waals surface area contributed by atoms with E-state index in [-0.39, 0.29) is 0 Å². The van der Waals surface area contributed by atoms with Crippen LogP contribution < -0.4 is 5.32 Å². The number of piperidine rings is 1. The van der Waals surface area contributed by atoms with Gasteiger partial charge in [-0.05, 0) is 93.1 Å². The molecule has 6 heteroatoms. The van der Waals surface area contributed by atoms with Crippen LogP contribution in [0.4, 0.5) is 5.69 Å². The number of benzene rings is 1. The van der Waals surface area contributed by atoms with Gasteiger partial charge in [-0.25, -0.2) is 0 Å². The summed E-state index contributed by atoms with van der Waals surface area (Å²) in [7, 11) is 0. The molecule has 1 aliphatic rings. The molecular formula is C22H30ClN3S2. The van der Waals surface area contributed by atoms with E-state index in [0.29, 0.717) is 0 Å². The van der Waals surface area contributed by atoms with E-state index in [1.807, 2.05) is 25.1 Å². The molecule has 1 aliphatic heterocycles. The third-order valence-electron chi connectivity index (χ3n) is 5.42. The van der Waals surface area contributed by atoms with Crippen molar-refractivity contribution in [3.05, 3.63) is 51.2 Å². The van der Waals surface area contributed by atoms with Crippen molar-refractivity contribution in [3.8, 4) is 0 Å². The molecule has 0 spiro atoms. The van der Waals surface area contributed by atoms with Crippen molar-refractivity contribution in [1.82, 2.24) is 9.80 Å². The fourth-order valence-corrected chi connectivity index (χ4v) is 4.66. The van der Waals surface area contributed by atoms with Gasteiger partial charge in [-0.15, -0.1) is 11.3 Å². The maximum atomic E-state index is 6.27. The molecule has 2 heterocycles. The van der Waals surface area contributed by atoms with Crippen LogP contribution in [-0.4, -0.2) is 41.1 Å². The third kappa shape index (κ3) is 6.45. The van der Waals surface area contributed by atoms with Gasteiger partial charge in [0.25, 0.3) is 0 Å². The maximum Gasteiger partial charge on any atom is 0.173 e. The van der Waals surface area contributed by atoms with Crippen molar-refractivity contribution in [1.29, 1.82) is 0 Å². The predicted molar refractivity (Wildman–Crippen MR) is 127 cm³/mol. The number of thiocarbonyl (C=S) groups is 1. The van der Waals surface area contributed by atoms with Gasteiger partial charge in [-0.2, -0.15) is 0 Å². The summed E-state index contributed by atoms with van der Waals surface area (Å²) in [4.78, 5) is 6.21. The molecule has 0 bridgehead atoms. The van der Waals surface area contributed by atoms with Crippen LogP contribution in [0.3, 0.4) is 0 Å². The van der Waals surface area contributed by atoms with E-state index in [4.69, 9.17) is 23.8 Å². The molecule has 3 nitrogen and oxygen atoms in total. The smallest absolute Gasteiger partial charge is 0.173 e. The van der Waals surface area contributed by atoms with Crippen molar-refractivity contribution in [2.24, 2.45) is 5.92 Å². The van der Waals surface area contributed by atoms with E-state index in [2.05, 4.69) is 39.6 Å². The number of anilines is 1. The second kappa shape index (κ2) is 10.6. The Bertz CT molecular complexity index is 755. The quantitative estimate of drug-likeness (QED) is 0.535. The number of nitrogens with zero attached hydrogens (tertiary/aromatic N) is 2. The van der Waals surface area contributed by atoms with Crippen LogP contribution in [0.5, 0.6) is 0 Å². The lowest BCUT2D eigenvalue weighted by molar-refractivity contribution is 0.186. The predicted octanol–water partition coefficient (Wildman–Crippen LogP) is 6.03. The number of hydrogen-bond donors (Lipinski definition) is 1. The van der Waals surface area contributed by atoms with Crippen molar-refractivity contribution < 1.29 is 0 Å². The summed E-state index contributed by atoms with van der Waals surface area (Å²) in [5.74, 6) is 0.879. The molecule has 28 heavy (non-hydrogen) atoms. The van der Waals surface area contributed by atoms with Gasteiger partial charge in [-0.3, -0.25) is 0 Å². The van der Waals surface area contributed by atoms with Gasteiger partial charge in [0.2, 0.25) is 0 Å². The molecule has 1 saturated heterocycles. The molecule has 1 aromatic heterocycles. The first kappa shape index (κ1) is 21.6. The Morgan fingerprint density at radius 1 is 1.32 bits per heavy atom. The van der Waals surface area contributed by atoms with Crippen LogP contribution in [0.2, 0.25) is 5.02 Å². The SMILES string of the molecule is Cc1ccc(NC(=S)N(CCCN2CCC(C)CC2)Cc2cccs2)cc1Cl. The molecule has 1 N–H and O–H groups in total. The largest absolute Gasteiger partial charge is 0.344 e. The molecular weight excluding hydrogens is 406 g/mol. The lowest BCUT2D eigenvalue weighted by Gasteiger charge is -2.31. The van der Waals surface area contributed by atoms with Crippen LogP contribution in [0.25, 0.3) is 0 Å². The van der Waals surface area contributed by atoms with E-state index in [1.54, 1.807) is 11.3 Å². The zero-order chi connectivity index (χ0) is 19.9. The highest BCUT2D eigenvalue weighted by atomic mass is 35.5. The summed E-state index contributed by atoms with van der Waals surface area (Å²) in [5.41, 5.74) is 2.02. The fraction of sp³-hybridized carbons (Fsp3) is 0.500. The number of aryl methyl sites for hydroxylation is 1. The molecule has 1 fully saturated rings. The average molecular weight is 436 g/mol. The highest BCUT2D eigenvalue weighted by Crippen LogP contribution is 2.21. The highest BCUT2D eigenvalue weighted by molar-refractivity contribution is 7.80. The zero-order valence-corrected chi connectivity index (χ0v) is 19.2. The first-order chi connectivity index (χ1) is 13.5. The minimum Gasteiger partial charge on any atom is -0.344 e. The number of thiophene rings is 1. The second-order valence-electron chi connectivity index (χ2n) is 7.77. The molecule has 0 unspecified atom stereocenters. The minimum absolute atomic E-state index is 0.761. The summed E-state index contributed by atoms with van der Waals surface area (Å²) in [6.45, 7) is 9.78. The third-order valence-corrected chi connectivity index (χ3v) is 7.04. The van der Waals surface area contributed by atoms with Crippen molar-refractivity contribution >= 4 is 46.0 Å².